The molecule has 316 valence electrons. The fourth-order valence-electron chi connectivity index (χ4n) is 13.1. The minimum Gasteiger partial charge on any atom is -0.322 e. The van der Waals surface area contributed by atoms with Crippen LogP contribution in [0.25, 0.3) is 66.0 Å². The molecule has 0 unspecified atom stereocenters. The SMILES string of the molecule is c1ccc(N(c2ccc3c(c2)c2ccccc2n3C2(c3ccc4ccccc4c3)c3ccccc3-c3ccccc32)c2cccc3c2-c2ccccc2C32c3ccccc3-c3ccccc32)cc1. The van der Waals surface area contributed by atoms with Gasteiger partial charge in [-0.05, 0) is 126 Å². The third-order valence-electron chi connectivity index (χ3n) is 15.6. The fraction of sp³-hybridized carbons (Fsp3) is 0.0303. The van der Waals surface area contributed by atoms with E-state index in [1.807, 2.05) is 0 Å². The summed E-state index contributed by atoms with van der Waals surface area (Å²) >= 11 is 0. The lowest BCUT2D eigenvalue weighted by Crippen LogP contribution is -2.35. The first-order valence-corrected chi connectivity index (χ1v) is 23.8. The second-order valence-electron chi connectivity index (χ2n) is 18.7. The molecule has 0 saturated heterocycles. The molecule has 12 aromatic rings. The van der Waals surface area contributed by atoms with Crippen molar-refractivity contribution in [1.29, 1.82) is 0 Å². The molecule has 1 aromatic heterocycles. The van der Waals surface area contributed by atoms with Crippen LogP contribution in [0, 0.1) is 0 Å². The molecule has 0 radical (unpaired) electrons. The van der Waals surface area contributed by atoms with Crippen molar-refractivity contribution in [2.75, 3.05) is 4.90 Å². The molecule has 2 heteroatoms. The topological polar surface area (TPSA) is 8.17 Å². The van der Waals surface area contributed by atoms with Crippen molar-refractivity contribution in [2.24, 2.45) is 0 Å². The van der Waals surface area contributed by atoms with Crippen molar-refractivity contribution in [3.8, 4) is 33.4 Å². The predicted molar refractivity (Wildman–Crippen MR) is 282 cm³/mol. The van der Waals surface area contributed by atoms with Gasteiger partial charge in [-0.1, -0.05) is 206 Å². The molecule has 68 heavy (non-hydrogen) atoms. The standard InChI is InChI=1S/C66H42N2/c1-2-21-46(22-3-1)67(63-36-18-34-60-64(63)53-28-10-14-31-57(53)65(60)55-29-12-6-23-48(55)49-24-7-13-30-56(49)65)47-39-40-62-54(42-47)52-27-11-17-35-61(52)68(62)66(45-38-37-43-19-4-5-20-44(43)41-45)58-32-15-8-25-50(58)51-26-9-16-33-59(51)66/h1-42H. The minimum absolute atomic E-state index is 0.445. The monoisotopic (exact) mass is 862 g/mol. The first-order valence-electron chi connectivity index (χ1n) is 23.8. The van der Waals surface area contributed by atoms with E-state index in [-0.39, 0.29) is 0 Å². The van der Waals surface area contributed by atoms with Gasteiger partial charge in [0.25, 0.3) is 0 Å². The first-order chi connectivity index (χ1) is 33.8. The van der Waals surface area contributed by atoms with Crippen LogP contribution in [0.2, 0.25) is 0 Å². The zero-order chi connectivity index (χ0) is 44.6. The molecule has 0 saturated carbocycles. The number of rotatable bonds is 5. The lowest BCUT2D eigenvalue weighted by molar-refractivity contribution is 0.564. The Kier molecular flexibility index (Phi) is 7.67. The van der Waals surface area contributed by atoms with Crippen LogP contribution in [0.4, 0.5) is 17.1 Å². The normalized spacial score (nSPS) is 14.1. The summed E-state index contributed by atoms with van der Waals surface area (Å²) in [6, 6.07) is 95.5. The molecule has 3 aliphatic rings. The van der Waals surface area contributed by atoms with Gasteiger partial charge in [0.15, 0.2) is 0 Å². The number of aromatic nitrogens is 1. The van der Waals surface area contributed by atoms with Gasteiger partial charge in [-0.2, -0.15) is 0 Å². The van der Waals surface area contributed by atoms with Crippen LogP contribution >= 0.6 is 0 Å². The summed E-state index contributed by atoms with van der Waals surface area (Å²) in [5, 5.41) is 4.91. The molecule has 0 atom stereocenters. The van der Waals surface area contributed by atoms with E-state index in [0.717, 1.165) is 17.1 Å². The lowest BCUT2D eigenvalue weighted by atomic mass is 9.70. The van der Waals surface area contributed by atoms with Gasteiger partial charge in [-0.25, -0.2) is 0 Å². The molecule has 15 rings (SSSR count). The van der Waals surface area contributed by atoms with E-state index in [1.54, 1.807) is 0 Å². The van der Waals surface area contributed by atoms with Crippen molar-refractivity contribution in [3.63, 3.8) is 0 Å². The molecule has 0 bridgehead atoms. The van der Waals surface area contributed by atoms with Gasteiger partial charge < -0.3 is 9.47 Å². The molecule has 0 amide bonds. The summed E-state index contributed by atoms with van der Waals surface area (Å²) in [4.78, 5) is 2.51. The summed E-state index contributed by atoms with van der Waals surface area (Å²) in [7, 11) is 0. The van der Waals surface area contributed by atoms with Gasteiger partial charge in [0.2, 0.25) is 0 Å². The molecule has 0 aliphatic heterocycles. The van der Waals surface area contributed by atoms with Gasteiger partial charge in [0.05, 0.1) is 22.1 Å². The lowest BCUT2D eigenvalue weighted by Gasteiger charge is -2.37. The highest BCUT2D eigenvalue weighted by Crippen LogP contribution is 2.65. The van der Waals surface area contributed by atoms with E-state index in [2.05, 4.69) is 264 Å². The van der Waals surface area contributed by atoms with Gasteiger partial charge in [0.1, 0.15) is 5.54 Å². The number of para-hydroxylation sites is 2. The van der Waals surface area contributed by atoms with Crippen LogP contribution in [-0.2, 0) is 11.0 Å². The summed E-state index contributed by atoms with van der Waals surface area (Å²) in [6.45, 7) is 0. The summed E-state index contributed by atoms with van der Waals surface area (Å²) in [5.41, 5.74) is 21.6. The van der Waals surface area contributed by atoms with Crippen LogP contribution in [0.15, 0.2) is 255 Å². The molecule has 11 aromatic carbocycles. The number of hydrogen-bond donors (Lipinski definition) is 0. The molecule has 0 fully saturated rings. The largest absolute Gasteiger partial charge is 0.322 e. The quantitative estimate of drug-likeness (QED) is 0.167. The van der Waals surface area contributed by atoms with Gasteiger partial charge in [-0.3, -0.25) is 0 Å². The number of hydrogen-bond acceptors (Lipinski definition) is 1. The van der Waals surface area contributed by atoms with Crippen molar-refractivity contribution >= 4 is 49.6 Å². The molecule has 3 aliphatic carbocycles. The molecule has 1 spiro atoms. The van der Waals surface area contributed by atoms with E-state index in [1.165, 1.54) is 105 Å². The highest BCUT2D eigenvalue weighted by Gasteiger charge is 2.53. The van der Waals surface area contributed by atoms with Crippen LogP contribution in [-0.4, -0.2) is 4.57 Å². The average molecular weight is 863 g/mol. The van der Waals surface area contributed by atoms with Gasteiger partial charge in [-0.15, -0.1) is 0 Å². The number of benzene rings is 11. The van der Waals surface area contributed by atoms with E-state index >= 15 is 0 Å². The molecule has 0 N–H and O–H groups in total. The molecular weight excluding hydrogens is 821 g/mol. The zero-order valence-corrected chi connectivity index (χ0v) is 37.1. The Balaban J connectivity index is 1.02. The molecular formula is C66H42N2. The Labute approximate surface area is 395 Å². The Morgan fingerprint density at radius 3 is 1.51 bits per heavy atom. The van der Waals surface area contributed by atoms with Crippen LogP contribution in [0.5, 0.6) is 0 Å². The van der Waals surface area contributed by atoms with Crippen molar-refractivity contribution in [1.82, 2.24) is 4.57 Å². The van der Waals surface area contributed by atoms with E-state index < -0.39 is 11.0 Å². The molecule has 1 heterocycles. The third kappa shape index (κ3) is 4.71. The van der Waals surface area contributed by atoms with E-state index in [4.69, 9.17) is 0 Å². The maximum atomic E-state index is 2.66. The maximum Gasteiger partial charge on any atom is 0.122 e. The van der Waals surface area contributed by atoms with Crippen LogP contribution < -0.4 is 4.90 Å². The third-order valence-corrected chi connectivity index (χ3v) is 15.6. The van der Waals surface area contributed by atoms with Gasteiger partial charge >= 0.3 is 0 Å². The molecule has 2 nitrogen and oxygen atoms in total. The van der Waals surface area contributed by atoms with Crippen LogP contribution in [0.3, 0.4) is 0 Å². The van der Waals surface area contributed by atoms with E-state index in [9.17, 15) is 0 Å². The Bertz CT molecular complexity index is 3970. The highest BCUT2D eigenvalue weighted by atomic mass is 15.1. The van der Waals surface area contributed by atoms with Gasteiger partial charge in [0, 0.05) is 27.7 Å². The predicted octanol–water partition coefficient (Wildman–Crippen LogP) is 16.6. The van der Waals surface area contributed by atoms with Crippen LogP contribution in [0.1, 0.15) is 38.9 Å². The first kappa shape index (κ1) is 37.5. The average Bonchev–Trinajstić information content (AvgIpc) is 4.10. The number of fused-ring (bicyclic) bond motifs is 17. The Morgan fingerprint density at radius 2 is 0.824 bits per heavy atom. The summed E-state index contributed by atoms with van der Waals surface area (Å²) < 4.78 is 2.66. The maximum absolute atomic E-state index is 2.66. The summed E-state index contributed by atoms with van der Waals surface area (Å²) in [6.07, 6.45) is 0. The number of nitrogens with zero attached hydrogens (tertiary/aromatic N) is 2. The minimum atomic E-state index is -0.661. The fourth-order valence-corrected chi connectivity index (χ4v) is 13.1. The second-order valence-corrected chi connectivity index (χ2v) is 18.7. The number of anilines is 3. The highest BCUT2D eigenvalue weighted by molar-refractivity contribution is 6.11. The Hall–Kier alpha value is -8.72. The smallest absolute Gasteiger partial charge is 0.122 e. The van der Waals surface area contributed by atoms with Crippen molar-refractivity contribution in [2.45, 2.75) is 11.0 Å². The van der Waals surface area contributed by atoms with Crippen molar-refractivity contribution in [3.05, 3.63) is 294 Å². The van der Waals surface area contributed by atoms with E-state index in [0.29, 0.717) is 0 Å². The Morgan fingerprint density at radius 1 is 0.309 bits per heavy atom. The second kappa shape index (κ2) is 13.9. The van der Waals surface area contributed by atoms with Crippen molar-refractivity contribution < 1.29 is 0 Å². The zero-order valence-electron chi connectivity index (χ0n) is 37.1. The summed E-state index contributed by atoms with van der Waals surface area (Å²) in [5.74, 6) is 0.